The van der Waals surface area contributed by atoms with Gasteiger partial charge in [-0.15, -0.1) is 0 Å². The summed E-state index contributed by atoms with van der Waals surface area (Å²) in [6.07, 6.45) is 0.963. The molecule has 0 aliphatic rings. The molecule has 0 unspecified atom stereocenters. The van der Waals surface area contributed by atoms with Crippen LogP contribution in [0.1, 0.15) is 17.5 Å². The first-order valence-electron chi connectivity index (χ1n) is 8.35. The third-order valence-corrected chi connectivity index (χ3v) is 3.86. The first-order valence-corrected chi connectivity index (χ1v) is 8.35. The van der Waals surface area contributed by atoms with Gasteiger partial charge in [0.25, 0.3) is 0 Å². The molecule has 0 aromatic heterocycles. The largest absolute Gasteiger partial charge is 0.455 e. The highest BCUT2D eigenvalue weighted by atomic mass is 16.5. The first-order chi connectivity index (χ1) is 12.7. The minimum atomic E-state index is -0.0847. The van der Waals surface area contributed by atoms with E-state index in [1.165, 1.54) is 0 Å². The Morgan fingerprint density at radius 1 is 0.923 bits per heavy atom. The molecule has 0 saturated carbocycles. The first kappa shape index (κ1) is 17.2. The summed E-state index contributed by atoms with van der Waals surface area (Å²) in [5, 5.41) is 11.7. The van der Waals surface area contributed by atoms with Crippen LogP contribution in [0.3, 0.4) is 0 Å². The lowest BCUT2D eigenvalue weighted by atomic mass is 10.1. The molecule has 128 valence electrons. The van der Waals surface area contributed by atoms with Gasteiger partial charge < -0.3 is 10.1 Å². The van der Waals surface area contributed by atoms with Gasteiger partial charge in [-0.1, -0.05) is 42.5 Å². The summed E-state index contributed by atoms with van der Waals surface area (Å²) in [6.45, 7) is 0. The van der Waals surface area contributed by atoms with Crippen LogP contribution in [0.15, 0.2) is 78.9 Å². The summed E-state index contributed by atoms with van der Waals surface area (Å²) in [5.74, 6) is 1.23. The number of hydrogen-bond acceptors (Lipinski definition) is 3. The number of aryl methyl sites for hydroxylation is 1. The molecule has 0 saturated heterocycles. The predicted molar refractivity (Wildman–Crippen MR) is 101 cm³/mol. The van der Waals surface area contributed by atoms with Crippen LogP contribution in [-0.2, 0) is 11.2 Å². The number of ether oxygens (including phenoxy) is 1. The fourth-order valence-corrected chi connectivity index (χ4v) is 2.49. The molecule has 0 aliphatic heterocycles. The summed E-state index contributed by atoms with van der Waals surface area (Å²) in [4.78, 5) is 12.3. The van der Waals surface area contributed by atoms with E-state index in [-0.39, 0.29) is 5.91 Å². The predicted octanol–water partition coefficient (Wildman–Crippen LogP) is 4.92. The van der Waals surface area contributed by atoms with E-state index in [0.29, 0.717) is 35.6 Å². The molecule has 3 rings (SSSR count). The molecule has 4 nitrogen and oxygen atoms in total. The summed E-state index contributed by atoms with van der Waals surface area (Å²) < 4.78 is 5.85. The van der Waals surface area contributed by atoms with Crippen molar-refractivity contribution in [1.82, 2.24) is 0 Å². The van der Waals surface area contributed by atoms with Crippen LogP contribution in [0.5, 0.6) is 11.5 Å². The fraction of sp³-hybridized carbons (Fsp3) is 0.0909. The lowest BCUT2D eigenvalue weighted by Crippen LogP contribution is -2.13. The Hall–Kier alpha value is -3.58. The fourth-order valence-electron chi connectivity index (χ4n) is 2.49. The Labute approximate surface area is 152 Å². The zero-order valence-corrected chi connectivity index (χ0v) is 14.2. The minimum absolute atomic E-state index is 0.0847. The number of para-hydroxylation sites is 3. The number of carbonyl (C=O) groups is 1. The lowest BCUT2D eigenvalue weighted by molar-refractivity contribution is -0.116. The van der Waals surface area contributed by atoms with Crippen LogP contribution < -0.4 is 10.1 Å². The van der Waals surface area contributed by atoms with Crippen LogP contribution in [0.25, 0.3) is 0 Å². The molecule has 0 heterocycles. The van der Waals surface area contributed by atoms with E-state index in [2.05, 4.69) is 11.4 Å². The molecule has 26 heavy (non-hydrogen) atoms. The van der Waals surface area contributed by atoms with E-state index >= 15 is 0 Å². The summed E-state index contributed by atoms with van der Waals surface area (Å²) >= 11 is 0. The van der Waals surface area contributed by atoms with Gasteiger partial charge in [-0.2, -0.15) is 5.26 Å². The zero-order chi connectivity index (χ0) is 18.2. The number of nitrogens with one attached hydrogen (secondary N) is 1. The quantitative estimate of drug-likeness (QED) is 0.691. The molecule has 0 fully saturated rings. The highest BCUT2D eigenvalue weighted by molar-refractivity contribution is 5.92. The number of nitriles is 1. The van der Waals surface area contributed by atoms with Gasteiger partial charge in [-0.05, 0) is 48.4 Å². The second-order valence-electron chi connectivity index (χ2n) is 5.77. The van der Waals surface area contributed by atoms with Crippen molar-refractivity contribution in [3.63, 3.8) is 0 Å². The monoisotopic (exact) mass is 342 g/mol. The van der Waals surface area contributed by atoms with E-state index in [0.717, 1.165) is 5.56 Å². The second-order valence-corrected chi connectivity index (χ2v) is 5.77. The normalized spacial score (nSPS) is 9.96. The van der Waals surface area contributed by atoms with E-state index in [1.807, 2.05) is 66.7 Å². The average molecular weight is 342 g/mol. The van der Waals surface area contributed by atoms with Crippen molar-refractivity contribution >= 4 is 11.6 Å². The third kappa shape index (κ3) is 4.71. The highest BCUT2D eigenvalue weighted by Crippen LogP contribution is 2.29. The number of rotatable bonds is 6. The van der Waals surface area contributed by atoms with Gasteiger partial charge in [0.2, 0.25) is 5.91 Å². The standard InChI is InChI=1S/C22H18N2O2/c23-16-18-12-10-17(11-13-18)14-15-22(25)24-20-8-4-5-9-21(20)26-19-6-2-1-3-7-19/h1-13H,14-15H2,(H,24,25). The smallest absolute Gasteiger partial charge is 0.224 e. The molecule has 4 heteroatoms. The van der Waals surface area contributed by atoms with Crippen LogP contribution >= 0.6 is 0 Å². The van der Waals surface area contributed by atoms with Gasteiger partial charge in [0.15, 0.2) is 5.75 Å². The Morgan fingerprint density at radius 2 is 1.62 bits per heavy atom. The van der Waals surface area contributed by atoms with E-state index in [9.17, 15) is 4.79 Å². The van der Waals surface area contributed by atoms with Gasteiger partial charge in [-0.3, -0.25) is 4.79 Å². The molecule has 0 radical (unpaired) electrons. The molecule has 0 spiro atoms. The second kappa shape index (κ2) is 8.50. The summed E-state index contributed by atoms with van der Waals surface area (Å²) in [6, 6.07) is 26.2. The van der Waals surface area contributed by atoms with Gasteiger partial charge in [0.05, 0.1) is 17.3 Å². The SMILES string of the molecule is N#Cc1ccc(CCC(=O)Nc2ccccc2Oc2ccccc2)cc1. The molecular formula is C22H18N2O2. The average Bonchev–Trinajstić information content (AvgIpc) is 2.69. The van der Waals surface area contributed by atoms with Crippen molar-refractivity contribution in [3.05, 3.63) is 90.0 Å². The molecule has 0 atom stereocenters. The van der Waals surface area contributed by atoms with Gasteiger partial charge in [0.1, 0.15) is 5.75 Å². The maximum absolute atomic E-state index is 12.3. The molecule has 0 bridgehead atoms. The number of nitrogens with zero attached hydrogens (tertiary/aromatic N) is 1. The van der Waals surface area contributed by atoms with Gasteiger partial charge in [0, 0.05) is 6.42 Å². The van der Waals surface area contributed by atoms with Crippen LogP contribution in [0, 0.1) is 11.3 Å². The summed E-state index contributed by atoms with van der Waals surface area (Å²) in [7, 11) is 0. The molecular weight excluding hydrogens is 324 g/mol. The number of benzene rings is 3. The topological polar surface area (TPSA) is 62.1 Å². The lowest BCUT2D eigenvalue weighted by Gasteiger charge is -2.12. The third-order valence-electron chi connectivity index (χ3n) is 3.86. The molecule has 3 aromatic rings. The number of hydrogen-bond donors (Lipinski definition) is 1. The minimum Gasteiger partial charge on any atom is -0.455 e. The Bertz CT molecular complexity index is 913. The number of anilines is 1. The molecule has 1 N–H and O–H groups in total. The van der Waals surface area contributed by atoms with Crippen LogP contribution in [-0.4, -0.2) is 5.91 Å². The van der Waals surface area contributed by atoms with E-state index in [4.69, 9.17) is 10.00 Å². The number of amides is 1. The maximum Gasteiger partial charge on any atom is 0.224 e. The molecule has 1 amide bonds. The molecule has 3 aromatic carbocycles. The zero-order valence-electron chi connectivity index (χ0n) is 14.2. The van der Waals surface area contributed by atoms with Gasteiger partial charge in [-0.25, -0.2) is 0 Å². The van der Waals surface area contributed by atoms with Crippen molar-refractivity contribution in [2.24, 2.45) is 0 Å². The van der Waals surface area contributed by atoms with Gasteiger partial charge >= 0.3 is 0 Å². The van der Waals surface area contributed by atoms with Crippen molar-refractivity contribution in [2.75, 3.05) is 5.32 Å². The Kier molecular flexibility index (Phi) is 5.64. The van der Waals surface area contributed by atoms with Crippen molar-refractivity contribution in [3.8, 4) is 17.6 Å². The van der Waals surface area contributed by atoms with E-state index in [1.54, 1.807) is 12.1 Å². The Balaban J connectivity index is 1.61. The summed E-state index contributed by atoms with van der Waals surface area (Å²) in [5.41, 5.74) is 2.28. The Morgan fingerprint density at radius 3 is 2.35 bits per heavy atom. The van der Waals surface area contributed by atoms with Crippen LogP contribution in [0.2, 0.25) is 0 Å². The van der Waals surface area contributed by atoms with Crippen molar-refractivity contribution < 1.29 is 9.53 Å². The van der Waals surface area contributed by atoms with E-state index < -0.39 is 0 Å². The van der Waals surface area contributed by atoms with Crippen LogP contribution in [0.4, 0.5) is 5.69 Å². The number of carbonyl (C=O) groups excluding carboxylic acids is 1. The van der Waals surface area contributed by atoms with Crippen molar-refractivity contribution in [1.29, 1.82) is 5.26 Å². The van der Waals surface area contributed by atoms with Crippen molar-refractivity contribution in [2.45, 2.75) is 12.8 Å². The highest BCUT2D eigenvalue weighted by Gasteiger charge is 2.09. The maximum atomic E-state index is 12.3. The molecule has 0 aliphatic carbocycles.